The lowest BCUT2D eigenvalue weighted by Crippen LogP contribution is -2.60. The summed E-state index contributed by atoms with van der Waals surface area (Å²) in [4.78, 5) is 23.4. The van der Waals surface area contributed by atoms with Crippen molar-refractivity contribution in [3.63, 3.8) is 0 Å². The molecule has 5 heteroatoms. The molecule has 7 atom stereocenters. The van der Waals surface area contributed by atoms with Crippen LogP contribution in [0, 0.1) is 29.1 Å². The van der Waals surface area contributed by atoms with Gasteiger partial charge in [-0.2, -0.15) is 0 Å². The highest BCUT2D eigenvalue weighted by Gasteiger charge is 2.64. The van der Waals surface area contributed by atoms with Crippen LogP contribution in [0.3, 0.4) is 0 Å². The van der Waals surface area contributed by atoms with Gasteiger partial charge in [0.25, 0.3) is 0 Å². The molecule has 0 radical (unpaired) electrons. The van der Waals surface area contributed by atoms with Crippen LogP contribution < -0.4 is 0 Å². The van der Waals surface area contributed by atoms with E-state index >= 15 is 0 Å². The van der Waals surface area contributed by atoms with E-state index in [1.165, 1.54) is 0 Å². The molecule has 0 saturated heterocycles. The lowest BCUT2D eigenvalue weighted by molar-refractivity contribution is -0.186. The minimum atomic E-state index is -1.28. The van der Waals surface area contributed by atoms with E-state index in [1.54, 1.807) is 6.08 Å². The molecule has 0 bridgehead atoms. The van der Waals surface area contributed by atoms with Crippen LogP contribution in [-0.2, 0) is 9.59 Å². The fraction of sp³-hybridized carbons (Fsp3) is 0.789. The number of carboxylic acid groups (broad SMARTS) is 1. The molecule has 4 rings (SSSR count). The average molecular weight is 334 g/mol. The zero-order valence-electron chi connectivity index (χ0n) is 14.1. The predicted molar refractivity (Wildman–Crippen MR) is 86.1 cm³/mol. The monoisotopic (exact) mass is 334 g/mol. The van der Waals surface area contributed by atoms with Gasteiger partial charge in [0.05, 0.1) is 17.6 Å². The molecular formula is C19H26O5. The van der Waals surface area contributed by atoms with Gasteiger partial charge in [0.2, 0.25) is 0 Å². The summed E-state index contributed by atoms with van der Waals surface area (Å²) in [6.07, 6.45) is 5.34. The molecule has 7 unspecified atom stereocenters. The standard InChI is InChI=1S/C19H26O5/c1-18-7-6-11(20)8-10(18)2-3-12-13-4-5-14(17(22)23)19(13,24)9-15(21)16(12)18/h8,12-16,21,24H,2-7,9H2,1H3,(H,22,23). The molecule has 4 aliphatic rings. The zero-order valence-corrected chi connectivity index (χ0v) is 14.1. The van der Waals surface area contributed by atoms with Crippen LogP contribution in [0.25, 0.3) is 0 Å². The summed E-state index contributed by atoms with van der Waals surface area (Å²) in [5, 5.41) is 31.6. The Bertz CT molecular complexity index is 625. The number of rotatable bonds is 1. The number of hydrogen-bond acceptors (Lipinski definition) is 4. The van der Waals surface area contributed by atoms with Crippen LogP contribution >= 0.6 is 0 Å². The quantitative estimate of drug-likeness (QED) is 0.681. The number of ketones is 1. The van der Waals surface area contributed by atoms with E-state index in [4.69, 9.17) is 0 Å². The molecule has 3 saturated carbocycles. The maximum Gasteiger partial charge on any atom is 0.309 e. The van der Waals surface area contributed by atoms with Crippen molar-refractivity contribution in [2.45, 2.75) is 63.6 Å². The van der Waals surface area contributed by atoms with Crippen molar-refractivity contribution in [3.05, 3.63) is 11.6 Å². The number of allylic oxidation sites excluding steroid dienone is 1. The zero-order chi connectivity index (χ0) is 17.3. The minimum absolute atomic E-state index is 0.0171. The number of aliphatic hydroxyl groups excluding tert-OH is 1. The van der Waals surface area contributed by atoms with Crippen LogP contribution in [0.2, 0.25) is 0 Å². The molecule has 0 aliphatic heterocycles. The van der Waals surface area contributed by atoms with Gasteiger partial charge in [-0.25, -0.2) is 0 Å². The first-order valence-corrected chi connectivity index (χ1v) is 9.14. The predicted octanol–water partition coefficient (Wildman–Crippen LogP) is 1.91. The Hall–Kier alpha value is -1.20. The second kappa shape index (κ2) is 5.15. The lowest BCUT2D eigenvalue weighted by Gasteiger charge is -2.58. The van der Waals surface area contributed by atoms with Crippen LogP contribution in [0.15, 0.2) is 11.6 Å². The Morgan fingerprint density at radius 1 is 1.25 bits per heavy atom. The maximum absolute atomic E-state index is 11.8. The van der Waals surface area contributed by atoms with E-state index in [-0.39, 0.29) is 35.4 Å². The fourth-order valence-electron chi connectivity index (χ4n) is 6.63. The van der Waals surface area contributed by atoms with Crippen LogP contribution in [-0.4, -0.2) is 38.8 Å². The van der Waals surface area contributed by atoms with Gasteiger partial charge < -0.3 is 15.3 Å². The van der Waals surface area contributed by atoms with E-state index in [0.717, 1.165) is 31.3 Å². The summed E-state index contributed by atoms with van der Waals surface area (Å²) in [5.74, 6) is -1.44. The third kappa shape index (κ3) is 2.00. The molecule has 0 aromatic rings. The Kier molecular flexibility index (Phi) is 3.49. The second-order valence-electron chi connectivity index (χ2n) is 8.62. The largest absolute Gasteiger partial charge is 0.481 e. The lowest BCUT2D eigenvalue weighted by atomic mass is 9.48. The summed E-state index contributed by atoms with van der Waals surface area (Å²) in [5.41, 5.74) is -0.329. The number of carboxylic acids is 1. The summed E-state index contributed by atoms with van der Waals surface area (Å²) >= 11 is 0. The van der Waals surface area contributed by atoms with Crippen molar-refractivity contribution in [1.29, 1.82) is 0 Å². The Labute approximate surface area is 141 Å². The summed E-state index contributed by atoms with van der Waals surface area (Å²) in [7, 11) is 0. The van der Waals surface area contributed by atoms with Crippen molar-refractivity contribution in [2.75, 3.05) is 0 Å². The van der Waals surface area contributed by atoms with Gasteiger partial charge in [0.1, 0.15) is 0 Å². The van der Waals surface area contributed by atoms with Crippen molar-refractivity contribution < 1.29 is 24.9 Å². The van der Waals surface area contributed by atoms with Crippen LogP contribution in [0.4, 0.5) is 0 Å². The molecule has 0 aromatic carbocycles. The fourth-order valence-corrected chi connectivity index (χ4v) is 6.63. The van der Waals surface area contributed by atoms with Crippen LogP contribution in [0.5, 0.6) is 0 Å². The average Bonchev–Trinajstić information content (AvgIpc) is 2.84. The molecular weight excluding hydrogens is 308 g/mol. The highest BCUT2D eigenvalue weighted by atomic mass is 16.4. The maximum atomic E-state index is 11.8. The van der Waals surface area contributed by atoms with Gasteiger partial charge in [-0.1, -0.05) is 12.5 Å². The number of aliphatic carboxylic acids is 1. The Morgan fingerprint density at radius 3 is 2.71 bits per heavy atom. The molecule has 3 fully saturated rings. The minimum Gasteiger partial charge on any atom is -0.481 e. The summed E-state index contributed by atoms with van der Waals surface area (Å²) in [6.45, 7) is 2.15. The second-order valence-corrected chi connectivity index (χ2v) is 8.62. The Morgan fingerprint density at radius 2 is 2.00 bits per heavy atom. The summed E-state index contributed by atoms with van der Waals surface area (Å²) < 4.78 is 0. The van der Waals surface area contributed by atoms with Crippen LogP contribution in [0.1, 0.15) is 51.9 Å². The number of carbonyl (C=O) groups is 2. The third-order valence-electron chi connectivity index (χ3n) is 7.68. The molecule has 132 valence electrons. The van der Waals surface area contributed by atoms with E-state index in [0.29, 0.717) is 12.8 Å². The molecule has 5 nitrogen and oxygen atoms in total. The molecule has 4 aliphatic carbocycles. The number of aliphatic hydroxyl groups is 2. The number of fused-ring (bicyclic) bond motifs is 5. The van der Waals surface area contributed by atoms with E-state index in [9.17, 15) is 24.9 Å². The third-order valence-corrected chi connectivity index (χ3v) is 7.68. The van der Waals surface area contributed by atoms with Gasteiger partial charge in [-0.3, -0.25) is 9.59 Å². The number of hydrogen-bond donors (Lipinski definition) is 3. The van der Waals surface area contributed by atoms with E-state index in [1.807, 2.05) is 0 Å². The molecule has 3 N–H and O–H groups in total. The Balaban J connectivity index is 1.72. The van der Waals surface area contributed by atoms with Gasteiger partial charge in [0, 0.05) is 12.8 Å². The summed E-state index contributed by atoms with van der Waals surface area (Å²) in [6, 6.07) is 0. The first-order valence-electron chi connectivity index (χ1n) is 9.14. The normalized spacial score (nSPS) is 50.5. The van der Waals surface area contributed by atoms with E-state index < -0.39 is 23.6 Å². The first kappa shape index (κ1) is 16.3. The van der Waals surface area contributed by atoms with Crippen molar-refractivity contribution in [3.8, 4) is 0 Å². The van der Waals surface area contributed by atoms with Gasteiger partial charge in [0.15, 0.2) is 5.78 Å². The first-order chi connectivity index (χ1) is 11.3. The number of carbonyl (C=O) groups excluding carboxylic acids is 1. The van der Waals surface area contributed by atoms with Gasteiger partial charge >= 0.3 is 5.97 Å². The molecule has 0 aromatic heterocycles. The SMILES string of the molecule is CC12CCC(=O)C=C1CCC1C2C(O)CC2(O)C(C(=O)O)CCC12. The highest BCUT2D eigenvalue weighted by Crippen LogP contribution is 2.63. The van der Waals surface area contributed by atoms with Gasteiger partial charge in [-0.05, 0) is 61.3 Å². The topological polar surface area (TPSA) is 94.8 Å². The van der Waals surface area contributed by atoms with E-state index in [2.05, 4.69) is 6.92 Å². The van der Waals surface area contributed by atoms with Gasteiger partial charge in [-0.15, -0.1) is 0 Å². The highest BCUT2D eigenvalue weighted by molar-refractivity contribution is 5.91. The molecule has 0 spiro atoms. The van der Waals surface area contributed by atoms with Crippen molar-refractivity contribution >= 4 is 11.8 Å². The molecule has 0 heterocycles. The van der Waals surface area contributed by atoms with Crippen molar-refractivity contribution in [1.82, 2.24) is 0 Å². The van der Waals surface area contributed by atoms with Crippen molar-refractivity contribution in [2.24, 2.45) is 29.1 Å². The molecule has 24 heavy (non-hydrogen) atoms. The molecule has 0 amide bonds. The smallest absolute Gasteiger partial charge is 0.309 e.